The zero-order valence-electron chi connectivity index (χ0n) is 19.3. The highest BCUT2D eigenvalue weighted by molar-refractivity contribution is 5.94. The van der Waals surface area contributed by atoms with E-state index in [0.717, 1.165) is 61.7 Å². The lowest BCUT2D eigenvalue weighted by Crippen LogP contribution is -2.48. The fraction of sp³-hybridized carbons (Fsp3) is 0.385. The molecule has 1 aliphatic rings. The Morgan fingerprint density at radius 2 is 1.78 bits per heavy atom. The van der Waals surface area contributed by atoms with Gasteiger partial charge in [-0.2, -0.15) is 5.10 Å². The minimum Gasteiger partial charge on any atom is -0.489 e. The van der Waals surface area contributed by atoms with Crippen molar-refractivity contribution in [1.82, 2.24) is 19.6 Å². The Morgan fingerprint density at radius 1 is 1.03 bits per heavy atom. The van der Waals surface area contributed by atoms with Crippen molar-refractivity contribution in [3.63, 3.8) is 0 Å². The van der Waals surface area contributed by atoms with Crippen molar-refractivity contribution in [3.05, 3.63) is 82.7 Å². The highest BCUT2D eigenvalue weighted by Gasteiger charge is 2.23. The van der Waals surface area contributed by atoms with E-state index in [9.17, 15) is 4.79 Å². The van der Waals surface area contributed by atoms with Crippen LogP contribution in [0.4, 0.5) is 0 Å². The summed E-state index contributed by atoms with van der Waals surface area (Å²) < 4.78 is 7.78. The van der Waals surface area contributed by atoms with E-state index in [0.29, 0.717) is 6.61 Å². The molecule has 0 bridgehead atoms. The lowest BCUT2D eigenvalue weighted by atomic mass is 10.1. The Hall–Kier alpha value is -3.12. The number of benzene rings is 2. The van der Waals surface area contributed by atoms with Crippen molar-refractivity contribution in [1.29, 1.82) is 0 Å². The van der Waals surface area contributed by atoms with Gasteiger partial charge in [0.15, 0.2) is 0 Å². The minimum atomic E-state index is 0.0938. The van der Waals surface area contributed by atoms with Gasteiger partial charge in [-0.1, -0.05) is 31.2 Å². The lowest BCUT2D eigenvalue weighted by molar-refractivity contribution is 0.0628. The fourth-order valence-corrected chi connectivity index (χ4v) is 4.12. The van der Waals surface area contributed by atoms with Gasteiger partial charge < -0.3 is 9.64 Å². The van der Waals surface area contributed by atoms with Gasteiger partial charge in [0, 0.05) is 57.1 Å². The van der Waals surface area contributed by atoms with Crippen LogP contribution in [0.1, 0.15) is 39.7 Å². The predicted octanol–water partition coefficient (Wildman–Crippen LogP) is 3.83. The maximum atomic E-state index is 13.1. The van der Waals surface area contributed by atoms with Crippen LogP contribution in [0.15, 0.2) is 54.7 Å². The number of carbonyl (C=O) groups is 1. The van der Waals surface area contributed by atoms with Crippen LogP contribution in [0.3, 0.4) is 0 Å². The van der Waals surface area contributed by atoms with E-state index >= 15 is 0 Å². The predicted molar refractivity (Wildman–Crippen MR) is 126 cm³/mol. The average molecular weight is 433 g/mol. The van der Waals surface area contributed by atoms with E-state index in [2.05, 4.69) is 35.3 Å². The van der Waals surface area contributed by atoms with Crippen molar-refractivity contribution in [2.24, 2.45) is 7.05 Å². The number of nitrogens with zero attached hydrogens (tertiary/aromatic N) is 4. The normalized spacial score (nSPS) is 14.5. The summed E-state index contributed by atoms with van der Waals surface area (Å²) in [6, 6.07) is 16.0. The van der Waals surface area contributed by atoms with Gasteiger partial charge in [0.2, 0.25) is 0 Å². The second-order valence-corrected chi connectivity index (χ2v) is 8.47. The Labute approximate surface area is 190 Å². The monoisotopic (exact) mass is 432 g/mol. The quantitative estimate of drug-likeness (QED) is 0.569. The van der Waals surface area contributed by atoms with Crippen molar-refractivity contribution in [2.45, 2.75) is 33.4 Å². The van der Waals surface area contributed by atoms with Crippen molar-refractivity contribution in [3.8, 4) is 5.75 Å². The summed E-state index contributed by atoms with van der Waals surface area (Å²) in [5, 5.41) is 4.42. The average Bonchev–Trinajstić information content (AvgIpc) is 3.14. The molecule has 2 heterocycles. The van der Waals surface area contributed by atoms with Gasteiger partial charge in [-0.3, -0.25) is 14.4 Å². The number of piperazine rings is 1. The van der Waals surface area contributed by atoms with Gasteiger partial charge in [0.1, 0.15) is 12.4 Å². The number of aromatic nitrogens is 2. The van der Waals surface area contributed by atoms with Crippen LogP contribution < -0.4 is 4.74 Å². The van der Waals surface area contributed by atoms with Crippen LogP contribution in [0.5, 0.6) is 5.75 Å². The van der Waals surface area contributed by atoms with Gasteiger partial charge >= 0.3 is 0 Å². The molecule has 0 aliphatic carbocycles. The van der Waals surface area contributed by atoms with Crippen molar-refractivity contribution in [2.75, 3.05) is 26.2 Å². The molecule has 6 heteroatoms. The zero-order chi connectivity index (χ0) is 22.5. The first-order valence-corrected chi connectivity index (χ1v) is 11.3. The van der Waals surface area contributed by atoms with E-state index in [1.54, 1.807) is 0 Å². The summed E-state index contributed by atoms with van der Waals surface area (Å²) in [7, 11) is 1.95. The summed E-state index contributed by atoms with van der Waals surface area (Å²) in [6.45, 7) is 8.74. The SMILES string of the molecule is CCc1ccc(OCc2cccc(C(=O)N3CCN(Cc4cn(C)nc4C)CC3)c2)cc1. The van der Waals surface area contributed by atoms with Gasteiger partial charge in [-0.05, 0) is 48.7 Å². The summed E-state index contributed by atoms with van der Waals surface area (Å²) >= 11 is 0. The number of aryl methyl sites for hydroxylation is 3. The maximum Gasteiger partial charge on any atom is 0.253 e. The van der Waals surface area contributed by atoms with Gasteiger partial charge in [-0.15, -0.1) is 0 Å². The van der Waals surface area contributed by atoms with Crippen molar-refractivity contribution < 1.29 is 9.53 Å². The minimum absolute atomic E-state index is 0.0938. The standard InChI is InChI=1S/C26H32N4O2/c1-4-21-8-10-25(11-9-21)32-19-22-6-5-7-23(16-22)26(31)30-14-12-29(13-15-30)18-24-17-28(3)27-20(24)2/h5-11,16-17H,4,12-15,18-19H2,1-3H3. The second kappa shape index (κ2) is 10.0. The Bertz CT molecular complexity index is 1050. The molecule has 1 fully saturated rings. The van der Waals surface area contributed by atoms with Crippen LogP contribution in [0.2, 0.25) is 0 Å². The zero-order valence-corrected chi connectivity index (χ0v) is 19.3. The second-order valence-electron chi connectivity index (χ2n) is 8.47. The first-order chi connectivity index (χ1) is 15.5. The third kappa shape index (κ3) is 5.37. The number of hydrogen-bond donors (Lipinski definition) is 0. The molecule has 1 saturated heterocycles. The van der Waals surface area contributed by atoms with Gasteiger partial charge in [0.25, 0.3) is 5.91 Å². The molecular weight excluding hydrogens is 400 g/mol. The number of hydrogen-bond acceptors (Lipinski definition) is 4. The molecule has 2 aromatic carbocycles. The lowest BCUT2D eigenvalue weighted by Gasteiger charge is -2.34. The number of ether oxygens (including phenoxy) is 1. The molecule has 0 saturated carbocycles. The Kier molecular flexibility index (Phi) is 6.90. The molecule has 0 radical (unpaired) electrons. The van der Waals surface area contributed by atoms with Crippen LogP contribution in [0, 0.1) is 6.92 Å². The molecule has 32 heavy (non-hydrogen) atoms. The molecule has 0 unspecified atom stereocenters. The molecule has 3 aromatic rings. The van der Waals surface area contributed by atoms with Gasteiger partial charge in [0.05, 0.1) is 5.69 Å². The summed E-state index contributed by atoms with van der Waals surface area (Å²) in [5.41, 5.74) is 5.35. The highest BCUT2D eigenvalue weighted by Crippen LogP contribution is 2.17. The third-order valence-electron chi connectivity index (χ3n) is 6.08. The molecule has 1 aromatic heterocycles. The van der Waals surface area contributed by atoms with Crippen LogP contribution in [-0.4, -0.2) is 51.7 Å². The first kappa shape index (κ1) is 22.1. The molecule has 6 nitrogen and oxygen atoms in total. The highest BCUT2D eigenvalue weighted by atomic mass is 16.5. The van der Waals surface area contributed by atoms with E-state index in [4.69, 9.17) is 4.74 Å². The summed E-state index contributed by atoms with van der Waals surface area (Å²) in [4.78, 5) is 17.4. The van der Waals surface area contributed by atoms with Crippen LogP contribution in [-0.2, 0) is 26.6 Å². The van der Waals surface area contributed by atoms with Crippen molar-refractivity contribution >= 4 is 5.91 Å². The van der Waals surface area contributed by atoms with Crippen LogP contribution in [0.25, 0.3) is 0 Å². The molecule has 1 amide bonds. The van der Waals surface area contributed by atoms with Gasteiger partial charge in [-0.25, -0.2) is 0 Å². The molecule has 1 aliphatic heterocycles. The number of amides is 1. The molecule has 4 rings (SSSR count). The van der Waals surface area contributed by atoms with E-state index in [-0.39, 0.29) is 5.91 Å². The Morgan fingerprint density at radius 3 is 2.44 bits per heavy atom. The van der Waals surface area contributed by atoms with E-state index in [1.165, 1.54) is 11.1 Å². The largest absolute Gasteiger partial charge is 0.489 e. The molecular formula is C26H32N4O2. The maximum absolute atomic E-state index is 13.1. The number of rotatable bonds is 7. The van der Waals surface area contributed by atoms with E-state index in [1.807, 2.05) is 60.0 Å². The Balaban J connectivity index is 1.31. The number of carbonyl (C=O) groups excluding carboxylic acids is 1. The van der Waals surface area contributed by atoms with E-state index < -0.39 is 0 Å². The fourth-order valence-electron chi connectivity index (χ4n) is 4.12. The molecule has 0 N–H and O–H groups in total. The van der Waals surface area contributed by atoms with Crippen LogP contribution >= 0.6 is 0 Å². The molecule has 168 valence electrons. The molecule has 0 atom stereocenters. The summed E-state index contributed by atoms with van der Waals surface area (Å²) in [5.74, 6) is 0.940. The smallest absolute Gasteiger partial charge is 0.253 e. The molecule has 0 spiro atoms. The third-order valence-corrected chi connectivity index (χ3v) is 6.08. The first-order valence-electron chi connectivity index (χ1n) is 11.3. The topological polar surface area (TPSA) is 50.6 Å². The summed E-state index contributed by atoms with van der Waals surface area (Å²) in [6.07, 6.45) is 3.10.